The lowest BCUT2D eigenvalue weighted by Crippen LogP contribution is -2.37. The minimum atomic E-state index is -0.308. The van der Waals surface area contributed by atoms with E-state index in [1.54, 1.807) is 34.6 Å². The number of benzene rings is 2. The molecule has 2 N–H and O–H groups in total. The number of hydrogen-bond donors (Lipinski definition) is 2. The Bertz CT molecular complexity index is 1430. The van der Waals surface area contributed by atoms with Gasteiger partial charge in [-0.05, 0) is 61.7 Å². The third-order valence-corrected chi connectivity index (χ3v) is 7.40. The van der Waals surface area contributed by atoms with Crippen LogP contribution < -0.4 is 10.9 Å². The van der Waals surface area contributed by atoms with Crippen molar-refractivity contribution in [3.05, 3.63) is 87.3 Å². The molecule has 1 atom stereocenters. The number of carbonyl (C=O) groups excluding carboxylic acids is 1. The van der Waals surface area contributed by atoms with E-state index in [4.69, 9.17) is 0 Å². The van der Waals surface area contributed by atoms with Gasteiger partial charge in [-0.15, -0.1) is 11.3 Å². The highest BCUT2D eigenvalue weighted by molar-refractivity contribution is 7.21. The normalized spacial score (nSPS) is 15.7. The van der Waals surface area contributed by atoms with Crippen LogP contribution in [-0.4, -0.2) is 39.7 Å². The highest BCUT2D eigenvalue weighted by Gasteiger charge is 2.32. The lowest BCUT2D eigenvalue weighted by atomic mass is 10.1. The van der Waals surface area contributed by atoms with Gasteiger partial charge < -0.3 is 15.3 Å². The molecule has 0 radical (unpaired) electrons. The molecular weight excluding hydrogens is 453 g/mol. The number of rotatable bonds is 5. The molecule has 4 aromatic rings. The minimum Gasteiger partial charge on any atom is -0.394 e. The maximum Gasteiger partial charge on any atom is 0.266 e. The Labute approximate surface area is 199 Å². The maximum atomic E-state index is 13.9. The molecule has 2 aromatic heterocycles. The number of amides is 1. The molecule has 34 heavy (non-hydrogen) atoms. The third-order valence-electron chi connectivity index (χ3n) is 6.23. The number of anilines is 2. The van der Waals surface area contributed by atoms with Crippen molar-refractivity contribution in [1.29, 1.82) is 0 Å². The van der Waals surface area contributed by atoms with Crippen LogP contribution in [0.3, 0.4) is 0 Å². The molecule has 1 aliphatic heterocycles. The summed E-state index contributed by atoms with van der Waals surface area (Å²) in [4.78, 5) is 29.4. The standard InChI is InChI=1S/C26H24FN3O3S/c1-16-14-17(9-11-21(16)27)28-23-20-10-12-22(32)30(18-6-3-2-4-7-18)26(20)34-24(23)25(33)29-13-5-8-19(29)15-31/h2-4,6-7,9-12,14,19,28,31H,5,8,13,15H2,1H3/t19-/m0/s1. The van der Waals surface area contributed by atoms with Crippen LogP contribution in [0.4, 0.5) is 15.8 Å². The fraction of sp³-hybridized carbons (Fsp3) is 0.231. The van der Waals surface area contributed by atoms with Crippen molar-refractivity contribution in [3.8, 4) is 5.69 Å². The average molecular weight is 478 g/mol. The number of halogens is 1. The quantitative estimate of drug-likeness (QED) is 0.431. The number of aliphatic hydroxyl groups is 1. The summed E-state index contributed by atoms with van der Waals surface area (Å²) in [6.07, 6.45) is 1.58. The van der Waals surface area contributed by atoms with Gasteiger partial charge in [0.15, 0.2) is 0 Å². The van der Waals surface area contributed by atoms with Crippen molar-refractivity contribution >= 4 is 38.8 Å². The summed E-state index contributed by atoms with van der Waals surface area (Å²) in [5.41, 5.74) is 2.21. The Morgan fingerprint density at radius 2 is 1.97 bits per heavy atom. The highest BCUT2D eigenvalue weighted by atomic mass is 32.1. The second-order valence-corrected chi connectivity index (χ2v) is 9.43. The van der Waals surface area contributed by atoms with Crippen LogP contribution in [0, 0.1) is 12.7 Å². The predicted octanol–water partition coefficient (Wildman–Crippen LogP) is 4.84. The SMILES string of the molecule is Cc1cc(Nc2c(C(=O)N3CCC[C@H]3CO)sc3c2ccc(=O)n3-c2ccccc2)ccc1F. The zero-order chi connectivity index (χ0) is 23.8. The Hall–Kier alpha value is -3.49. The lowest BCUT2D eigenvalue weighted by Gasteiger charge is -2.23. The summed E-state index contributed by atoms with van der Waals surface area (Å²) >= 11 is 1.25. The van der Waals surface area contributed by atoms with Gasteiger partial charge in [-0.25, -0.2) is 4.39 Å². The summed E-state index contributed by atoms with van der Waals surface area (Å²) in [5, 5.41) is 13.8. The molecule has 0 unspecified atom stereocenters. The molecular formula is C26H24FN3O3S. The predicted molar refractivity (Wildman–Crippen MR) is 133 cm³/mol. The number of aryl methyl sites for hydroxylation is 1. The first kappa shape index (κ1) is 22.3. The Kier molecular flexibility index (Phi) is 5.93. The van der Waals surface area contributed by atoms with E-state index in [-0.39, 0.29) is 29.9 Å². The van der Waals surface area contributed by atoms with Gasteiger partial charge in [0.05, 0.1) is 24.0 Å². The second kappa shape index (κ2) is 9.04. The molecule has 174 valence electrons. The number of thiophene rings is 1. The average Bonchev–Trinajstić information content (AvgIpc) is 3.46. The molecule has 6 nitrogen and oxygen atoms in total. The summed E-state index contributed by atoms with van der Waals surface area (Å²) in [7, 11) is 0. The van der Waals surface area contributed by atoms with Gasteiger partial charge in [-0.1, -0.05) is 18.2 Å². The van der Waals surface area contributed by atoms with Gasteiger partial charge >= 0.3 is 0 Å². The Morgan fingerprint density at radius 3 is 2.71 bits per heavy atom. The van der Waals surface area contributed by atoms with Gasteiger partial charge in [0.25, 0.3) is 11.5 Å². The van der Waals surface area contributed by atoms with Crippen LogP contribution in [0.25, 0.3) is 15.9 Å². The van der Waals surface area contributed by atoms with Crippen molar-refractivity contribution in [2.45, 2.75) is 25.8 Å². The van der Waals surface area contributed by atoms with Crippen molar-refractivity contribution in [3.63, 3.8) is 0 Å². The zero-order valence-corrected chi connectivity index (χ0v) is 19.4. The van der Waals surface area contributed by atoms with Gasteiger partial charge in [0.1, 0.15) is 15.5 Å². The van der Waals surface area contributed by atoms with E-state index >= 15 is 0 Å². The lowest BCUT2D eigenvalue weighted by molar-refractivity contribution is 0.0683. The van der Waals surface area contributed by atoms with E-state index < -0.39 is 0 Å². The fourth-order valence-electron chi connectivity index (χ4n) is 4.47. The van der Waals surface area contributed by atoms with Crippen LogP contribution in [0.1, 0.15) is 28.1 Å². The van der Waals surface area contributed by atoms with Crippen LogP contribution in [0.15, 0.2) is 65.5 Å². The molecule has 0 saturated carbocycles. The molecule has 2 aromatic carbocycles. The highest BCUT2D eigenvalue weighted by Crippen LogP contribution is 2.39. The first-order valence-electron chi connectivity index (χ1n) is 11.2. The topological polar surface area (TPSA) is 74.6 Å². The maximum absolute atomic E-state index is 13.9. The molecule has 1 amide bonds. The summed E-state index contributed by atoms with van der Waals surface area (Å²) in [5.74, 6) is -0.496. The van der Waals surface area contributed by atoms with E-state index in [1.807, 2.05) is 30.3 Å². The van der Waals surface area contributed by atoms with E-state index in [0.717, 1.165) is 18.2 Å². The first-order chi connectivity index (χ1) is 16.5. The molecule has 0 aliphatic carbocycles. The van der Waals surface area contributed by atoms with Gasteiger partial charge in [-0.3, -0.25) is 14.2 Å². The van der Waals surface area contributed by atoms with Crippen molar-refractivity contribution < 1.29 is 14.3 Å². The molecule has 1 fully saturated rings. The van der Waals surface area contributed by atoms with Gasteiger partial charge in [-0.2, -0.15) is 0 Å². The summed E-state index contributed by atoms with van der Waals surface area (Å²) in [6, 6.07) is 17.0. The monoisotopic (exact) mass is 477 g/mol. The fourth-order valence-corrected chi connectivity index (χ4v) is 5.70. The number of likely N-dealkylation sites (tertiary alicyclic amines) is 1. The summed E-state index contributed by atoms with van der Waals surface area (Å²) in [6.45, 7) is 2.16. The second-order valence-electron chi connectivity index (χ2n) is 8.43. The minimum absolute atomic E-state index is 0.0920. The molecule has 5 rings (SSSR count). The van der Waals surface area contributed by atoms with E-state index in [2.05, 4.69) is 5.32 Å². The molecule has 0 bridgehead atoms. The third kappa shape index (κ3) is 3.89. The smallest absolute Gasteiger partial charge is 0.266 e. The van der Waals surface area contributed by atoms with Crippen LogP contribution in [-0.2, 0) is 0 Å². The Morgan fingerprint density at radius 1 is 1.18 bits per heavy atom. The molecule has 0 spiro atoms. The number of para-hydroxylation sites is 1. The Balaban J connectivity index is 1.71. The number of pyridine rings is 1. The van der Waals surface area contributed by atoms with Gasteiger partial charge in [0, 0.05) is 23.7 Å². The molecule has 8 heteroatoms. The van der Waals surface area contributed by atoms with Crippen molar-refractivity contribution in [2.75, 3.05) is 18.5 Å². The molecule has 1 aliphatic rings. The first-order valence-corrected chi connectivity index (χ1v) is 12.0. The van der Waals surface area contributed by atoms with E-state index in [9.17, 15) is 19.1 Å². The van der Waals surface area contributed by atoms with Crippen LogP contribution in [0.2, 0.25) is 0 Å². The number of hydrogen-bond acceptors (Lipinski definition) is 5. The van der Waals surface area contributed by atoms with E-state index in [0.29, 0.717) is 38.9 Å². The van der Waals surface area contributed by atoms with E-state index in [1.165, 1.54) is 23.5 Å². The molecule has 1 saturated heterocycles. The summed E-state index contributed by atoms with van der Waals surface area (Å²) < 4.78 is 15.5. The van der Waals surface area contributed by atoms with Crippen molar-refractivity contribution in [2.24, 2.45) is 0 Å². The zero-order valence-electron chi connectivity index (χ0n) is 18.6. The van der Waals surface area contributed by atoms with Crippen LogP contribution in [0.5, 0.6) is 0 Å². The van der Waals surface area contributed by atoms with Crippen LogP contribution >= 0.6 is 11.3 Å². The number of nitrogens with one attached hydrogen (secondary N) is 1. The number of aliphatic hydroxyl groups excluding tert-OH is 1. The number of nitrogens with zero attached hydrogens (tertiary/aromatic N) is 2. The number of carbonyl (C=O) groups is 1. The van der Waals surface area contributed by atoms with Gasteiger partial charge in [0.2, 0.25) is 0 Å². The number of fused-ring (bicyclic) bond motifs is 1. The molecule has 3 heterocycles. The number of aromatic nitrogens is 1. The van der Waals surface area contributed by atoms with Crippen molar-refractivity contribution in [1.82, 2.24) is 9.47 Å². The largest absolute Gasteiger partial charge is 0.394 e.